The molecule has 7 rings (SSSR count). The molecule has 5 aromatic rings. The minimum Gasteiger partial charge on any atom is -0.494 e. The van der Waals surface area contributed by atoms with Crippen LogP contribution in [-0.4, -0.2) is 74.1 Å². The van der Waals surface area contributed by atoms with Crippen LogP contribution >= 0.6 is 11.3 Å². The molecule has 17 heteroatoms. The third-order valence-corrected chi connectivity index (χ3v) is 14.4. The van der Waals surface area contributed by atoms with Gasteiger partial charge in [0.05, 0.1) is 67.2 Å². The molecule has 0 radical (unpaired) electrons. The zero-order chi connectivity index (χ0) is 54.0. The Labute approximate surface area is 454 Å². The van der Waals surface area contributed by atoms with Crippen LogP contribution < -0.4 is 33.8 Å². The van der Waals surface area contributed by atoms with E-state index in [1.54, 1.807) is 72.9 Å². The van der Waals surface area contributed by atoms with E-state index in [0.717, 1.165) is 86.6 Å². The van der Waals surface area contributed by atoms with Crippen LogP contribution in [0.1, 0.15) is 108 Å². The Morgan fingerprint density at radius 3 is 1.53 bits per heavy atom. The Kier molecular flexibility index (Phi) is 22.9. The molecular formula is C60H69N3O13S. The lowest BCUT2D eigenvalue weighted by Gasteiger charge is -2.27. The molecule has 0 spiro atoms. The van der Waals surface area contributed by atoms with Crippen LogP contribution in [0.4, 0.5) is 5.13 Å². The molecule has 77 heavy (non-hydrogen) atoms. The SMILES string of the molecule is C=CC(=O)OCCCCCCOc1ccc(OC(=O)C2CCC(COc3ccc(OC(=O)C4CCC(C(=O)Oc5ccc(OCCCCCCOC(=O)C=C)cc5)CC4)c(/C=N/Nc4nc5ccccc5s4)c3)CC2)cc1. The number of benzene rings is 4. The number of esters is 5. The number of hydrogen-bond donors (Lipinski definition) is 1. The maximum absolute atomic E-state index is 13.7. The number of fused-ring (bicyclic) bond motifs is 1. The second-order valence-electron chi connectivity index (χ2n) is 19.1. The summed E-state index contributed by atoms with van der Waals surface area (Å²) in [6, 6.07) is 27.2. The first-order valence-corrected chi connectivity index (χ1v) is 27.5. The van der Waals surface area contributed by atoms with Gasteiger partial charge in [0.2, 0.25) is 5.13 Å². The van der Waals surface area contributed by atoms with Gasteiger partial charge in [-0.05, 0) is 188 Å². The number of ether oxygens (including phenoxy) is 8. The first-order valence-electron chi connectivity index (χ1n) is 26.7. The Bertz CT molecular complexity index is 2710. The van der Waals surface area contributed by atoms with Crippen molar-refractivity contribution in [2.45, 2.75) is 103 Å². The van der Waals surface area contributed by atoms with Crippen LogP contribution in [0.2, 0.25) is 0 Å². The predicted molar refractivity (Wildman–Crippen MR) is 294 cm³/mol. The fourth-order valence-electron chi connectivity index (χ4n) is 8.99. The van der Waals surface area contributed by atoms with Crippen molar-refractivity contribution in [3.05, 3.63) is 122 Å². The lowest BCUT2D eigenvalue weighted by atomic mass is 9.82. The number of anilines is 1. The highest BCUT2D eigenvalue weighted by Gasteiger charge is 2.33. The van der Waals surface area contributed by atoms with Crippen LogP contribution in [-0.2, 0) is 33.4 Å². The van der Waals surface area contributed by atoms with E-state index in [0.29, 0.717) is 117 Å². The zero-order valence-corrected chi connectivity index (χ0v) is 44.4. The summed E-state index contributed by atoms with van der Waals surface area (Å²) >= 11 is 1.47. The van der Waals surface area contributed by atoms with E-state index >= 15 is 0 Å². The van der Waals surface area contributed by atoms with Crippen molar-refractivity contribution in [2.75, 3.05) is 38.5 Å². The van der Waals surface area contributed by atoms with E-state index in [4.69, 9.17) is 37.9 Å². The molecule has 2 fully saturated rings. The van der Waals surface area contributed by atoms with Gasteiger partial charge in [-0.2, -0.15) is 5.10 Å². The smallest absolute Gasteiger partial charge is 0.330 e. The average Bonchev–Trinajstić information content (AvgIpc) is 3.88. The quantitative estimate of drug-likeness (QED) is 0.0114. The summed E-state index contributed by atoms with van der Waals surface area (Å²) in [4.78, 5) is 66.9. The summed E-state index contributed by atoms with van der Waals surface area (Å²) < 4.78 is 46.5. The van der Waals surface area contributed by atoms with Gasteiger partial charge in [0.15, 0.2) is 0 Å². The van der Waals surface area contributed by atoms with E-state index in [9.17, 15) is 24.0 Å². The standard InChI is InChI=1S/C60H69N3O13S/c1-3-55(64)71-37-13-7-5-11-35-69-47-25-29-49(30-26-47)74-57(66)43-19-17-42(18-20-43)41-73-51-33-34-53(46(39-51)40-61-63-60-62-52-15-9-10-16-54(52)77-60)76-59(68)45-23-21-44(22-24-45)58(67)75-50-31-27-48(28-32-50)70-36-12-6-8-14-38-72-56(65)4-2/h3-4,9-10,15-16,25-34,39-40,42-45H,1-2,5-8,11-14,17-24,35-38,41H2,(H,62,63)/b61-40+. The Hall–Kier alpha value is -7.53. The summed E-state index contributed by atoms with van der Waals surface area (Å²) in [5.74, 6) is 0.698. The minimum absolute atomic E-state index is 0.209. The Morgan fingerprint density at radius 2 is 1.01 bits per heavy atom. The summed E-state index contributed by atoms with van der Waals surface area (Å²) in [5, 5.41) is 5.07. The summed E-state index contributed by atoms with van der Waals surface area (Å²) in [6.07, 6.45) is 15.9. The highest BCUT2D eigenvalue weighted by atomic mass is 32.1. The monoisotopic (exact) mass is 1070 g/mol. The number of carbonyl (C=O) groups is 5. The van der Waals surface area contributed by atoms with E-state index in [1.807, 2.05) is 24.3 Å². The molecule has 4 aromatic carbocycles. The maximum Gasteiger partial charge on any atom is 0.330 e. The molecule has 408 valence electrons. The van der Waals surface area contributed by atoms with Crippen LogP contribution in [0.25, 0.3) is 10.2 Å². The lowest BCUT2D eigenvalue weighted by molar-refractivity contribution is -0.145. The number of thiazole rings is 1. The van der Waals surface area contributed by atoms with Crippen LogP contribution in [0.3, 0.4) is 0 Å². The molecular weight excluding hydrogens is 1000 g/mol. The van der Waals surface area contributed by atoms with E-state index in [-0.39, 0.29) is 35.7 Å². The number of nitrogens with zero attached hydrogens (tertiary/aromatic N) is 2. The number of nitrogens with one attached hydrogen (secondary N) is 1. The highest BCUT2D eigenvalue weighted by Crippen LogP contribution is 2.35. The predicted octanol–water partition coefficient (Wildman–Crippen LogP) is 12.2. The van der Waals surface area contributed by atoms with Crippen molar-refractivity contribution in [2.24, 2.45) is 28.8 Å². The fraction of sp³-hybridized carbons (Fsp3) is 0.417. The number of unbranched alkanes of at least 4 members (excludes halogenated alkanes) is 6. The van der Waals surface area contributed by atoms with Gasteiger partial charge in [-0.25, -0.2) is 14.6 Å². The molecule has 0 amide bonds. The molecule has 16 nitrogen and oxygen atoms in total. The Morgan fingerprint density at radius 1 is 0.545 bits per heavy atom. The van der Waals surface area contributed by atoms with Crippen molar-refractivity contribution in [3.63, 3.8) is 0 Å². The number of carbonyl (C=O) groups excluding carboxylic acids is 5. The van der Waals surface area contributed by atoms with Crippen LogP contribution in [0, 0.1) is 23.7 Å². The topological polar surface area (TPSA) is 196 Å². The van der Waals surface area contributed by atoms with Gasteiger partial charge >= 0.3 is 29.8 Å². The third-order valence-electron chi connectivity index (χ3n) is 13.4. The van der Waals surface area contributed by atoms with Gasteiger partial charge in [0.1, 0.15) is 34.5 Å². The summed E-state index contributed by atoms with van der Waals surface area (Å²) in [7, 11) is 0. The van der Waals surface area contributed by atoms with E-state index < -0.39 is 17.9 Å². The largest absolute Gasteiger partial charge is 0.494 e. The molecule has 0 atom stereocenters. The normalized spacial score (nSPS) is 17.1. The summed E-state index contributed by atoms with van der Waals surface area (Å²) in [5.41, 5.74) is 4.40. The van der Waals surface area contributed by atoms with Crippen LogP contribution in [0.15, 0.2) is 121 Å². The van der Waals surface area contributed by atoms with Gasteiger partial charge in [-0.1, -0.05) is 36.6 Å². The maximum atomic E-state index is 13.7. The van der Waals surface area contributed by atoms with Gasteiger partial charge < -0.3 is 37.9 Å². The number of hydrazone groups is 1. The second kappa shape index (κ2) is 30.9. The number of rotatable bonds is 30. The molecule has 0 saturated heterocycles. The molecule has 0 unspecified atom stereocenters. The average molecular weight is 1070 g/mol. The molecule has 2 aliphatic carbocycles. The molecule has 0 bridgehead atoms. The zero-order valence-electron chi connectivity index (χ0n) is 43.6. The van der Waals surface area contributed by atoms with Gasteiger partial charge in [0, 0.05) is 17.7 Å². The van der Waals surface area contributed by atoms with Crippen molar-refractivity contribution >= 4 is 62.7 Å². The third kappa shape index (κ3) is 19.2. The highest BCUT2D eigenvalue weighted by molar-refractivity contribution is 7.22. The van der Waals surface area contributed by atoms with Gasteiger partial charge in [0.25, 0.3) is 0 Å². The molecule has 0 aliphatic heterocycles. The lowest BCUT2D eigenvalue weighted by Crippen LogP contribution is -2.30. The first-order chi connectivity index (χ1) is 37.6. The van der Waals surface area contributed by atoms with Crippen molar-refractivity contribution in [3.8, 4) is 34.5 Å². The van der Waals surface area contributed by atoms with E-state index in [1.165, 1.54) is 11.3 Å². The first kappa shape index (κ1) is 57.2. The number of aromatic nitrogens is 1. The summed E-state index contributed by atoms with van der Waals surface area (Å²) in [6.45, 7) is 9.09. The number of para-hydroxylation sites is 1. The van der Waals surface area contributed by atoms with Crippen molar-refractivity contribution in [1.29, 1.82) is 0 Å². The van der Waals surface area contributed by atoms with Gasteiger partial charge in [-0.3, -0.25) is 19.8 Å². The molecule has 2 saturated carbocycles. The number of hydrogen-bond acceptors (Lipinski definition) is 17. The molecule has 1 heterocycles. The van der Waals surface area contributed by atoms with Crippen molar-refractivity contribution in [1.82, 2.24) is 4.98 Å². The van der Waals surface area contributed by atoms with E-state index in [2.05, 4.69) is 28.7 Å². The molecule has 1 N–H and O–H groups in total. The molecule has 1 aromatic heterocycles. The second-order valence-corrected chi connectivity index (χ2v) is 20.1. The van der Waals surface area contributed by atoms with Crippen LogP contribution in [0.5, 0.6) is 34.5 Å². The minimum atomic E-state index is -0.407. The fourth-order valence-corrected chi connectivity index (χ4v) is 9.80. The van der Waals surface area contributed by atoms with Crippen molar-refractivity contribution < 1.29 is 61.9 Å². The molecule has 2 aliphatic rings. The van der Waals surface area contributed by atoms with Gasteiger partial charge in [-0.15, -0.1) is 0 Å². The Balaban J connectivity index is 0.836.